The molecule has 4 rings (SSSR count). The van der Waals surface area contributed by atoms with E-state index in [1.54, 1.807) is 0 Å². The second kappa shape index (κ2) is 12.1. The van der Waals surface area contributed by atoms with E-state index in [4.69, 9.17) is 4.74 Å². The normalized spacial score (nSPS) is 17.3. The minimum absolute atomic E-state index is 0.00494. The van der Waals surface area contributed by atoms with Gasteiger partial charge in [0, 0.05) is 16.9 Å². The van der Waals surface area contributed by atoms with Crippen LogP contribution in [-0.2, 0) is 4.74 Å². The average molecular weight is 547 g/mol. The minimum atomic E-state index is -4.93. The van der Waals surface area contributed by atoms with Gasteiger partial charge < -0.3 is 4.74 Å². The summed E-state index contributed by atoms with van der Waals surface area (Å²) in [5.41, 5.74) is -1.35. The molecule has 0 saturated carbocycles. The van der Waals surface area contributed by atoms with E-state index in [2.05, 4.69) is 18.8 Å². The molecule has 0 bridgehead atoms. The predicted octanol–water partition coefficient (Wildman–Crippen LogP) is 8.70. The third kappa shape index (κ3) is 7.13. The first-order valence-corrected chi connectivity index (χ1v) is 12.7. The number of benzene rings is 3. The van der Waals surface area contributed by atoms with Crippen LogP contribution in [0.1, 0.15) is 56.6 Å². The molecule has 1 aliphatic rings. The van der Waals surface area contributed by atoms with Crippen LogP contribution in [0.5, 0.6) is 0 Å². The molecule has 0 aliphatic carbocycles. The van der Waals surface area contributed by atoms with E-state index in [0.29, 0.717) is 12.5 Å². The standard InChI is InChI=1S/C31H25F7O/c1-2-3-4-5-19-6-9-23(39-18-19)10-7-20-14-27(33)29(28(34)15-20)21-8-11-24-22(16-21)17-26(32)25(30(24)35)12-13-31(36,37)38/h8,11,14-17,19,23H,2-6,9,18H2,1H3. The highest BCUT2D eigenvalue weighted by Crippen LogP contribution is 2.32. The monoisotopic (exact) mass is 546 g/mol. The molecule has 0 spiro atoms. The Labute approximate surface area is 222 Å². The zero-order chi connectivity index (χ0) is 28.2. The number of fused-ring (bicyclic) bond motifs is 1. The number of ether oxygens (including phenoxy) is 1. The Hall–Kier alpha value is -3.49. The molecule has 3 aromatic carbocycles. The van der Waals surface area contributed by atoms with Crippen molar-refractivity contribution in [3.05, 3.63) is 70.8 Å². The molecule has 1 saturated heterocycles. The van der Waals surface area contributed by atoms with Crippen molar-refractivity contribution in [1.82, 2.24) is 0 Å². The van der Waals surface area contributed by atoms with Crippen LogP contribution < -0.4 is 0 Å². The van der Waals surface area contributed by atoms with E-state index in [0.717, 1.165) is 61.9 Å². The van der Waals surface area contributed by atoms with Crippen molar-refractivity contribution in [2.45, 2.75) is 57.7 Å². The maximum Gasteiger partial charge on any atom is 0.458 e. The fraction of sp³-hybridized carbons (Fsp3) is 0.355. The number of hydrogen-bond acceptors (Lipinski definition) is 1. The molecule has 0 radical (unpaired) electrons. The third-order valence-electron chi connectivity index (χ3n) is 6.65. The summed E-state index contributed by atoms with van der Waals surface area (Å²) in [6, 6.07) is 6.38. The number of unbranched alkanes of at least 4 members (excludes halogenated alkanes) is 2. The topological polar surface area (TPSA) is 9.23 Å². The third-order valence-corrected chi connectivity index (χ3v) is 6.65. The molecule has 39 heavy (non-hydrogen) atoms. The van der Waals surface area contributed by atoms with Crippen LogP contribution in [0.4, 0.5) is 30.7 Å². The molecule has 1 fully saturated rings. The molecule has 1 nitrogen and oxygen atoms in total. The highest BCUT2D eigenvalue weighted by atomic mass is 19.4. The second-order valence-electron chi connectivity index (χ2n) is 9.58. The van der Waals surface area contributed by atoms with Crippen molar-refractivity contribution < 1.29 is 35.5 Å². The molecule has 2 atom stereocenters. The van der Waals surface area contributed by atoms with Crippen LogP contribution in [0.2, 0.25) is 0 Å². The molecular weight excluding hydrogens is 521 g/mol. The van der Waals surface area contributed by atoms with E-state index in [1.165, 1.54) is 24.8 Å². The highest BCUT2D eigenvalue weighted by molar-refractivity contribution is 5.89. The van der Waals surface area contributed by atoms with Crippen LogP contribution in [0.15, 0.2) is 36.4 Å². The molecule has 1 heterocycles. The van der Waals surface area contributed by atoms with Gasteiger partial charge in [0.15, 0.2) is 0 Å². The predicted molar refractivity (Wildman–Crippen MR) is 136 cm³/mol. The number of hydrogen-bond donors (Lipinski definition) is 0. The fourth-order valence-corrected chi connectivity index (χ4v) is 4.65. The second-order valence-corrected chi connectivity index (χ2v) is 9.58. The van der Waals surface area contributed by atoms with Crippen molar-refractivity contribution in [2.24, 2.45) is 5.92 Å². The number of alkyl halides is 3. The highest BCUT2D eigenvalue weighted by Gasteiger charge is 2.24. The first kappa shape index (κ1) is 28.5. The zero-order valence-electron chi connectivity index (χ0n) is 21.1. The zero-order valence-corrected chi connectivity index (χ0v) is 21.1. The lowest BCUT2D eigenvalue weighted by Crippen LogP contribution is -2.24. The molecular formula is C31H25F7O. The Morgan fingerprint density at radius 1 is 0.897 bits per heavy atom. The van der Waals surface area contributed by atoms with Gasteiger partial charge >= 0.3 is 6.18 Å². The largest absolute Gasteiger partial charge is 0.458 e. The maximum absolute atomic E-state index is 15.0. The van der Waals surface area contributed by atoms with Crippen molar-refractivity contribution in [2.75, 3.05) is 6.61 Å². The first-order chi connectivity index (χ1) is 18.6. The maximum atomic E-state index is 15.0. The van der Waals surface area contributed by atoms with E-state index < -0.39 is 40.6 Å². The molecule has 3 aromatic rings. The van der Waals surface area contributed by atoms with Crippen LogP contribution in [0, 0.1) is 52.9 Å². The van der Waals surface area contributed by atoms with E-state index >= 15 is 0 Å². The van der Waals surface area contributed by atoms with Crippen LogP contribution >= 0.6 is 0 Å². The van der Waals surface area contributed by atoms with Crippen LogP contribution in [-0.4, -0.2) is 18.9 Å². The molecule has 0 aromatic heterocycles. The Morgan fingerprint density at radius 3 is 2.28 bits per heavy atom. The summed E-state index contributed by atoms with van der Waals surface area (Å²) in [7, 11) is 0. The van der Waals surface area contributed by atoms with Gasteiger partial charge in [-0.1, -0.05) is 56.1 Å². The van der Waals surface area contributed by atoms with Gasteiger partial charge in [-0.25, -0.2) is 17.6 Å². The first-order valence-electron chi connectivity index (χ1n) is 12.7. The van der Waals surface area contributed by atoms with Gasteiger partial charge in [0.05, 0.1) is 17.7 Å². The van der Waals surface area contributed by atoms with Crippen LogP contribution in [0.25, 0.3) is 21.9 Å². The van der Waals surface area contributed by atoms with Crippen LogP contribution in [0.3, 0.4) is 0 Å². The lowest BCUT2D eigenvalue weighted by atomic mass is 9.93. The average Bonchev–Trinajstić information content (AvgIpc) is 2.87. The van der Waals surface area contributed by atoms with Crippen molar-refractivity contribution >= 4 is 10.8 Å². The van der Waals surface area contributed by atoms with Crippen molar-refractivity contribution in [3.63, 3.8) is 0 Å². The Balaban J connectivity index is 1.54. The molecule has 0 N–H and O–H groups in total. The van der Waals surface area contributed by atoms with Crippen molar-refractivity contribution in [1.29, 1.82) is 0 Å². The minimum Gasteiger partial charge on any atom is -0.365 e. The summed E-state index contributed by atoms with van der Waals surface area (Å²) in [6.07, 6.45) is 1.15. The SMILES string of the molecule is CCCCCC1CCC(C#Cc2cc(F)c(-c3ccc4c(F)c(C#CC(F)(F)F)c(F)cc4c3)c(F)c2)OC1. The molecule has 8 heteroatoms. The lowest BCUT2D eigenvalue weighted by Gasteiger charge is -2.26. The van der Waals surface area contributed by atoms with Gasteiger partial charge in [-0.05, 0) is 60.4 Å². The lowest BCUT2D eigenvalue weighted by molar-refractivity contribution is -0.0696. The van der Waals surface area contributed by atoms with Crippen molar-refractivity contribution in [3.8, 4) is 34.8 Å². The quantitative estimate of drug-likeness (QED) is 0.177. The summed E-state index contributed by atoms with van der Waals surface area (Å²) >= 11 is 0. The Kier molecular flexibility index (Phi) is 8.87. The summed E-state index contributed by atoms with van der Waals surface area (Å²) in [4.78, 5) is 0. The smallest absolute Gasteiger partial charge is 0.365 e. The van der Waals surface area contributed by atoms with Gasteiger partial charge in [0.2, 0.25) is 0 Å². The molecule has 2 unspecified atom stereocenters. The van der Waals surface area contributed by atoms with Gasteiger partial charge in [-0.15, -0.1) is 0 Å². The summed E-state index contributed by atoms with van der Waals surface area (Å²) in [5.74, 6) is 4.04. The van der Waals surface area contributed by atoms with E-state index in [1.807, 2.05) is 0 Å². The summed E-state index contributed by atoms with van der Waals surface area (Å²) < 4.78 is 102. The summed E-state index contributed by atoms with van der Waals surface area (Å²) in [5, 5.41) is -0.333. The number of halogens is 7. The Bertz CT molecular complexity index is 1450. The van der Waals surface area contributed by atoms with Gasteiger partial charge in [-0.2, -0.15) is 13.2 Å². The molecule has 204 valence electrons. The van der Waals surface area contributed by atoms with Gasteiger partial charge in [0.25, 0.3) is 0 Å². The summed E-state index contributed by atoms with van der Waals surface area (Å²) in [6.45, 7) is 2.77. The number of rotatable bonds is 5. The van der Waals surface area contributed by atoms with E-state index in [9.17, 15) is 30.7 Å². The van der Waals surface area contributed by atoms with Gasteiger partial charge in [-0.3, -0.25) is 0 Å². The fourth-order valence-electron chi connectivity index (χ4n) is 4.65. The Morgan fingerprint density at radius 2 is 1.64 bits per heavy atom. The molecule has 1 aliphatic heterocycles. The van der Waals surface area contributed by atoms with Gasteiger partial charge in [0.1, 0.15) is 29.4 Å². The van der Waals surface area contributed by atoms with E-state index in [-0.39, 0.29) is 28.0 Å². The molecule has 0 amide bonds.